The Morgan fingerprint density at radius 2 is 2.62 bits per heavy atom. The first-order valence-electron chi connectivity index (χ1n) is 2.22. The van der Waals surface area contributed by atoms with Crippen LogP contribution in [-0.4, -0.2) is 24.7 Å². The third-order valence-corrected chi connectivity index (χ3v) is 1.17. The Labute approximate surface area is 51.5 Å². The van der Waals surface area contributed by atoms with Gasteiger partial charge in [-0.1, -0.05) is 0 Å². The lowest BCUT2D eigenvalue weighted by Crippen LogP contribution is -2.10. The summed E-state index contributed by atoms with van der Waals surface area (Å²) in [6.07, 6.45) is -0.847. The van der Waals surface area contributed by atoms with Gasteiger partial charge in [-0.25, -0.2) is 4.79 Å². The van der Waals surface area contributed by atoms with Crippen molar-refractivity contribution < 1.29 is 14.3 Å². The van der Waals surface area contributed by atoms with Crippen molar-refractivity contribution in [1.82, 2.24) is 0 Å². The summed E-state index contributed by atoms with van der Waals surface area (Å²) in [6.45, 7) is 0.294. The molecule has 0 radical (unpaired) electrons. The molecular weight excluding hydrogens is 131 g/mol. The monoisotopic (exact) mass is 136 g/mol. The van der Waals surface area contributed by atoms with Crippen LogP contribution < -0.4 is 0 Å². The summed E-state index contributed by atoms with van der Waals surface area (Å²) < 4.78 is 8.93. The van der Waals surface area contributed by atoms with E-state index in [9.17, 15) is 4.79 Å². The fourth-order valence-corrected chi connectivity index (χ4v) is 0.593. The first-order valence-corrected chi connectivity index (χ1v) is 2.76. The average Bonchev–Trinajstić information content (AvgIpc) is 2.14. The molecule has 0 amide bonds. The molecule has 3 nitrogen and oxygen atoms in total. The Balaban J connectivity index is 2.32. The van der Waals surface area contributed by atoms with E-state index in [1.54, 1.807) is 0 Å². The van der Waals surface area contributed by atoms with Gasteiger partial charge in [0, 0.05) is 0 Å². The average molecular weight is 137 g/mol. The zero-order valence-electron chi connectivity index (χ0n) is 4.09. The summed E-state index contributed by atoms with van der Waals surface area (Å²) in [5.74, 6) is 0.311. The van der Waals surface area contributed by atoms with E-state index < -0.39 is 6.16 Å². The molecule has 8 heavy (non-hydrogen) atoms. The van der Waals surface area contributed by atoms with Crippen LogP contribution in [0.2, 0.25) is 0 Å². The third kappa shape index (κ3) is 1.04. The molecule has 4 heteroatoms. The standard InChI is InChI=1S/C4H5ClO3/c5-1-3-2-7-4(6)8-3/h3H,1-2H2. The first-order chi connectivity index (χ1) is 3.83. The lowest BCUT2D eigenvalue weighted by atomic mass is 10.4. The van der Waals surface area contributed by atoms with E-state index in [4.69, 9.17) is 11.6 Å². The Hall–Kier alpha value is -0.440. The summed E-state index contributed by atoms with van der Waals surface area (Å²) in [4.78, 5) is 10.1. The largest absolute Gasteiger partial charge is 0.508 e. The van der Waals surface area contributed by atoms with Crippen molar-refractivity contribution in [2.24, 2.45) is 0 Å². The highest BCUT2D eigenvalue weighted by Crippen LogP contribution is 2.06. The van der Waals surface area contributed by atoms with Crippen molar-refractivity contribution in [2.45, 2.75) is 6.10 Å². The van der Waals surface area contributed by atoms with Gasteiger partial charge >= 0.3 is 6.16 Å². The molecule has 1 aliphatic rings. The van der Waals surface area contributed by atoms with Gasteiger partial charge in [-0.05, 0) is 0 Å². The second kappa shape index (κ2) is 2.22. The topological polar surface area (TPSA) is 35.5 Å². The van der Waals surface area contributed by atoms with E-state index in [2.05, 4.69) is 9.47 Å². The zero-order valence-corrected chi connectivity index (χ0v) is 4.85. The number of hydrogen-bond donors (Lipinski definition) is 0. The summed E-state index contributed by atoms with van der Waals surface area (Å²) in [6, 6.07) is 0. The Bertz CT molecular complexity index is 103. The zero-order chi connectivity index (χ0) is 5.98. The quantitative estimate of drug-likeness (QED) is 0.394. The second-order valence-corrected chi connectivity index (χ2v) is 1.76. The lowest BCUT2D eigenvalue weighted by molar-refractivity contribution is 0.122. The summed E-state index contributed by atoms with van der Waals surface area (Å²) in [5, 5.41) is 0. The Morgan fingerprint density at radius 1 is 1.88 bits per heavy atom. The van der Waals surface area contributed by atoms with Crippen LogP contribution in [0, 0.1) is 0 Å². The SMILES string of the molecule is O=C1OCC(CCl)O1. The smallest absolute Gasteiger partial charge is 0.430 e. The van der Waals surface area contributed by atoms with Crippen LogP contribution in [0.25, 0.3) is 0 Å². The van der Waals surface area contributed by atoms with Gasteiger partial charge in [0.2, 0.25) is 0 Å². The summed E-state index contributed by atoms with van der Waals surface area (Å²) in [5.41, 5.74) is 0. The summed E-state index contributed by atoms with van der Waals surface area (Å²) in [7, 11) is 0. The Kier molecular flexibility index (Phi) is 1.58. The predicted molar refractivity (Wildman–Crippen MR) is 26.9 cm³/mol. The number of alkyl halides is 1. The lowest BCUT2D eigenvalue weighted by Gasteiger charge is -1.95. The van der Waals surface area contributed by atoms with E-state index in [-0.39, 0.29) is 6.10 Å². The van der Waals surface area contributed by atoms with Gasteiger partial charge in [0.15, 0.2) is 6.10 Å². The minimum Gasteiger partial charge on any atom is -0.430 e. The molecule has 1 aliphatic heterocycles. The van der Waals surface area contributed by atoms with E-state index in [1.807, 2.05) is 0 Å². The van der Waals surface area contributed by atoms with Crippen molar-refractivity contribution in [3.05, 3.63) is 0 Å². The van der Waals surface area contributed by atoms with E-state index in [0.717, 1.165) is 0 Å². The van der Waals surface area contributed by atoms with Crippen molar-refractivity contribution in [2.75, 3.05) is 12.5 Å². The highest BCUT2D eigenvalue weighted by molar-refractivity contribution is 6.18. The predicted octanol–water partition coefficient (Wildman–Crippen LogP) is 0.761. The molecule has 0 aromatic carbocycles. The van der Waals surface area contributed by atoms with Gasteiger partial charge < -0.3 is 9.47 Å². The van der Waals surface area contributed by atoms with E-state index in [1.165, 1.54) is 0 Å². The van der Waals surface area contributed by atoms with Gasteiger partial charge in [-0.3, -0.25) is 0 Å². The minimum absolute atomic E-state index is 0.232. The van der Waals surface area contributed by atoms with Gasteiger partial charge in [-0.15, -0.1) is 11.6 Å². The number of cyclic esters (lactones) is 2. The van der Waals surface area contributed by atoms with Crippen LogP contribution in [-0.2, 0) is 9.47 Å². The normalized spacial score (nSPS) is 27.1. The van der Waals surface area contributed by atoms with Crippen molar-refractivity contribution in [3.8, 4) is 0 Å². The number of hydrogen-bond acceptors (Lipinski definition) is 3. The van der Waals surface area contributed by atoms with Gasteiger partial charge in [0.05, 0.1) is 5.88 Å². The van der Waals surface area contributed by atoms with Crippen LogP contribution in [0.4, 0.5) is 4.79 Å². The van der Waals surface area contributed by atoms with Crippen LogP contribution >= 0.6 is 11.6 Å². The van der Waals surface area contributed by atoms with Gasteiger partial charge in [-0.2, -0.15) is 0 Å². The number of halogens is 1. The maximum Gasteiger partial charge on any atom is 0.508 e. The molecule has 46 valence electrons. The maximum absolute atomic E-state index is 10.1. The van der Waals surface area contributed by atoms with E-state index in [0.29, 0.717) is 12.5 Å². The second-order valence-electron chi connectivity index (χ2n) is 1.46. The Morgan fingerprint density at radius 3 is 2.88 bits per heavy atom. The number of carbonyl (C=O) groups is 1. The third-order valence-electron chi connectivity index (χ3n) is 0.822. The summed E-state index contributed by atoms with van der Waals surface area (Å²) >= 11 is 5.32. The molecule has 1 atom stereocenters. The molecule has 1 fully saturated rings. The van der Waals surface area contributed by atoms with Crippen molar-refractivity contribution in [1.29, 1.82) is 0 Å². The minimum atomic E-state index is -0.615. The molecular formula is C4H5ClO3. The molecule has 0 spiro atoms. The molecule has 0 bridgehead atoms. The number of carbonyl (C=O) groups excluding carboxylic acids is 1. The molecule has 0 aromatic heterocycles. The number of rotatable bonds is 1. The molecule has 0 aliphatic carbocycles. The highest BCUT2D eigenvalue weighted by atomic mass is 35.5. The first kappa shape index (κ1) is 5.69. The van der Waals surface area contributed by atoms with Crippen molar-refractivity contribution >= 4 is 17.8 Å². The molecule has 1 unspecified atom stereocenters. The fourth-order valence-electron chi connectivity index (χ4n) is 0.441. The van der Waals surface area contributed by atoms with Crippen LogP contribution in [0.15, 0.2) is 0 Å². The van der Waals surface area contributed by atoms with Crippen molar-refractivity contribution in [3.63, 3.8) is 0 Å². The van der Waals surface area contributed by atoms with Gasteiger partial charge in [0.1, 0.15) is 6.61 Å². The van der Waals surface area contributed by atoms with Crippen LogP contribution in [0.1, 0.15) is 0 Å². The van der Waals surface area contributed by atoms with Crippen LogP contribution in [0.5, 0.6) is 0 Å². The fraction of sp³-hybridized carbons (Fsp3) is 0.750. The highest BCUT2D eigenvalue weighted by Gasteiger charge is 2.23. The molecule has 1 heterocycles. The molecule has 0 aromatic rings. The number of ether oxygens (including phenoxy) is 2. The maximum atomic E-state index is 10.1. The van der Waals surface area contributed by atoms with E-state index >= 15 is 0 Å². The van der Waals surface area contributed by atoms with Crippen LogP contribution in [0.3, 0.4) is 0 Å². The van der Waals surface area contributed by atoms with Gasteiger partial charge in [0.25, 0.3) is 0 Å². The molecule has 1 rings (SSSR count). The molecule has 1 saturated heterocycles. The molecule has 0 N–H and O–H groups in total. The molecule has 0 saturated carbocycles.